The van der Waals surface area contributed by atoms with Crippen molar-refractivity contribution in [1.29, 1.82) is 0 Å². The largest absolute Gasteiger partial charge is 0.388 e. The molecule has 4 aromatic rings. The monoisotopic (exact) mass is 357 g/mol. The fourth-order valence-electron chi connectivity index (χ4n) is 3.22. The Morgan fingerprint density at radius 2 is 1.63 bits per heavy atom. The van der Waals surface area contributed by atoms with Crippen molar-refractivity contribution in [2.75, 3.05) is 5.32 Å². The number of rotatable bonds is 5. The smallest absolute Gasteiger partial charge is 0.244 e. The van der Waals surface area contributed by atoms with E-state index in [1.165, 1.54) is 0 Å². The van der Waals surface area contributed by atoms with Gasteiger partial charge in [-0.3, -0.25) is 4.79 Å². The van der Waals surface area contributed by atoms with Gasteiger partial charge in [-0.1, -0.05) is 60.7 Å². The maximum atomic E-state index is 12.7. The van der Waals surface area contributed by atoms with Gasteiger partial charge >= 0.3 is 0 Å². The number of anilines is 1. The third-order valence-corrected chi connectivity index (χ3v) is 4.46. The average molecular weight is 357 g/mol. The van der Waals surface area contributed by atoms with Crippen LogP contribution in [0.1, 0.15) is 5.82 Å². The lowest BCUT2D eigenvalue weighted by molar-refractivity contribution is -0.116. The van der Waals surface area contributed by atoms with Gasteiger partial charge in [0.05, 0.1) is 11.0 Å². The van der Waals surface area contributed by atoms with Gasteiger partial charge in [0.25, 0.3) is 0 Å². The Morgan fingerprint density at radius 3 is 2.44 bits per heavy atom. The van der Waals surface area contributed by atoms with Gasteiger partial charge in [-0.15, -0.1) is 0 Å². The lowest BCUT2D eigenvalue weighted by atomic mass is 10.0. The summed E-state index contributed by atoms with van der Waals surface area (Å²) in [5.41, 5.74) is 4.34. The van der Waals surface area contributed by atoms with Crippen LogP contribution in [0.2, 0.25) is 0 Å². The molecule has 0 saturated heterocycles. The number of imidazole rings is 1. The molecule has 2 N–H and O–H groups in total. The first-order valence-electron chi connectivity index (χ1n) is 8.75. The summed E-state index contributed by atoms with van der Waals surface area (Å²) in [7, 11) is 0. The number of benzene rings is 3. The molecule has 3 aromatic carbocycles. The van der Waals surface area contributed by atoms with Crippen molar-refractivity contribution in [3.05, 3.63) is 84.7 Å². The Bertz CT molecular complexity index is 1090. The summed E-state index contributed by atoms with van der Waals surface area (Å²) in [6.45, 7) is -0.137. The molecular weight excluding hydrogens is 338 g/mol. The number of hydrogen-bond acceptors (Lipinski definition) is 3. The predicted octanol–water partition coefficient (Wildman–Crippen LogP) is 3.83. The maximum absolute atomic E-state index is 12.7. The van der Waals surface area contributed by atoms with Crippen LogP contribution in [0.25, 0.3) is 22.2 Å². The highest BCUT2D eigenvalue weighted by molar-refractivity contribution is 5.96. The number of carbonyl (C=O) groups excluding carboxylic acids is 1. The molecule has 0 aliphatic carbocycles. The van der Waals surface area contributed by atoms with Gasteiger partial charge < -0.3 is 15.0 Å². The number of hydrogen-bond donors (Lipinski definition) is 2. The van der Waals surface area contributed by atoms with Crippen LogP contribution in [0.3, 0.4) is 0 Å². The van der Waals surface area contributed by atoms with E-state index in [9.17, 15) is 9.90 Å². The topological polar surface area (TPSA) is 67.2 Å². The van der Waals surface area contributed by atoms with Gasteiger partial charge in [-0.05, 0) is 23.8 Å². The first-order valence-corrected chi connectivity index (χ1v) is 8.75. The summed E-state index contributed by atoms with van der Waals surface area (Å²) < 4.78 is 1.75. The van der Waals surface area contributed by atoms with Gasteiger partial charge in [0.2, 0.25) is 5.91 Å². The molecule has 4 rings (SSSR count). The van der Waals surface area contributed by atoms with Crippen molar-refractivity contribution in [3.63, 3.8) is 0 Å². The molecule has 5 heteroatoms. The highest BCUT2D eigenvalue weighted by Crippen LogP contribution is 2.27. The second kappa shape index (κ2) is 7.43. The standard InChI is InChI=1S/C22H19N3O2/c26-15-21-23-19-12-6-7-13-20(19)25(21)14-22(27)24-18-11-5-4-10-17(18)16-8-2-1-3-9-16/h1-13,26H,14-15H2,(H,24,27). The van der Waals surface area contributed by atoms with Gasteiger partial charge in [0.1, 0.15) is 19.0 Å². The zero-order chi connectivity index (χ0) is 18.6. The molecule has 0 saturated carbocycles. The summed E-state index contributed by atoms with van der Waals surface area (Å²) in [6, 6.07) is 25.2. The molecule has 1 aromatic heterocycles. The minimum Gasteiger partial charge on any atom is -0.388 e. The summed E-state index contributed by atoms with van der Waals surface area (Å²) in [5, 5.41) is 12.6. The third-order valence-electron chi connectivity index (χ3n) is 4.46. The maximum Gasteiger partial charge on any atom is 0.244 e. The summed E-state index contributed by atoms with van der Waals surface area (Å²) >= 11 is 0. The van der Waals surface area contributed by atoms with Crippen molar-refractivity contribution in [2.24, 2.45) is 0 Å². The predicted molar refractivity (Wildman–Crippen MR) is 106 cm³/mol. The zero-order valence-electron chi connectivity index (χ0n) is 14.7. The quantitative estimate of drug-likeness (QED) is 0.570. The fourth-order valence-corrected chi connectivity index (χ4v) is 3.22. The molecule has 134 valence electrons. The molecular formula is C22H19N3O2. The molecule has 0 bridgehead atoms. The van der Waals surface area contributed by atoms with E-state index < -0.39 is 0 Å². The van der Waals surface area contributed by atoms with Crippen molar-refractivity contribution in [1.82, 2.24) is 9.55 Å². The van der Waals surface area contributed by atoms with Crippen LogP contribution >= 0.6 is 0 Å². The molecule has 1 amide bonds. The number of aliphatic hydroxyl groups is 1. The average Bonchev–Trinajstić information content (AvgIpc) is 3.06. The van der Waals surface area contributed by atoms with Crippen LogP contribution in [0, 0.1) is 0 Å². The molecule has 0 spiro atoms. The van der Waals surface area contributed by atoms with E-state index in [0.717, 1.165) is 27.8 Å². The van der Waals surface area contributed by atoms with Gasteiger partial charge in [-0.25, -0.2) is 4.98 Å². The lowest BCUT2D eigenvalue weighted by Gasteiger charge is -2.13. The Hall–Kier alpha value is -3.44. The van der Waals surface area contributed by atoms with E-state index in [2.05, 4.69) is 10.3 Å². The van der Waals surface area contributed by atoms with E-state index in [4.69, 9.17) is 0 Å². The van der Waals surface area contributed by atoms with Gasteiger partial charge in [0, 0.05) is 11.3 Å². The van der Waals surface area contributed by atoms with Crippen molar-refractivity contribution in [3.8, 4) is 11.1 Å². The number of fused-ring (bicyclic) bond motifs is 1. The molecule has 0 atom stereocenters. The SMILES string of the molecule is O=C(Cn1c(CO)nc2ccccc21)Nc1ccccc1-c1ccccc1. The van der Waals surface area contributed by atoms with E-state index in [0.29, 0.717) is 5.82 Å². The number of para-hydroxylation sites is 3. The second-order valence-electron chi connectivity index (χ2n) is 6.22. The van der Waals surface area contributed by atoms with Gasteiger partial charge in [0.15, 0.2) is 0 Å². The molecule has 27 heavy (non-hydrogen) atoms. The van der Waals surface area contributed by atoms with Crippen molar-refractivity contribution >= 4 is 22.6 Å². The summed E-state index contributed by atoms with van der Waals surface area (Å²) in [5.74, 6) is 0.305. The highest BCUT2D eigenvalue weighted by Gasteiger charge is 2.14. The number of aliphatic hydroxyl groups excluding tert-OH is 1. The molecule has 1 heterocycles. The Morgan fingerprint density at radius 1 is 0.926 bits per heavy atom. The molecule has 5 nitrogen and oxygen atoms in total. The summed E-state index contributed by atoms with van der Waals surface area (Å²) in [6.07, 6.45) is 0. The third kappa shape index (κ3) is 3.45. The highest BCUT2D eigenvalue weighted by atomic mass is 16.3. The molecule has 0 aliphatic heterocycles. The zero-order valence-corrected chi connectivity index (χ0v) is 14.7. The van der Waals surface area contributed by atoms with Crippen LogP contribution in [-0.4, -0.2) is 20.6 Å². The first kappa shape index (κ1) is 17.0. The summed E-state index contributed by atoms with van der Waals surface area (Å²) in [4.78, 5) is 17.1. The Balaban J connectivity index is 1.62. The normalized spacial score (nSPS) is 10.9. The van der Waals surface area contributed by atoms with Crippen LogP contribution in [0.4, 0.5) is 5.69 Å². The molecule has 0 radical (unpaired) electrons. The van der Waals surface area contributed by atoms with Crippen LogP contribution in [-0.2, 0) is 17.9 Å². The van der Waals surface area contributed by atoms with E-state index in [-0.39, 0.29) is 19.1 Å². The second-order valence-corrected chi connectivity index (χ2v) is 6.22. The van der Waals surface area contributed by atoms with E-state index in [1.807, 2.05) is 78.9 Å². The van der Waals surface area contributed by atoms with Crippen molar-refractivity contribution < 1.29 is 9.90 Å². The first-order chi connectivity index (χ1) is 13.3. The number of carbonyl (C=O) groups is 1. The fraction of sp³-hybridized carbons (Fsp3) is 0.0909. The lowest BCUT2D eigenvalue weighted by Crippen LogP contribution is -2.20. The molecule has 0 fully saturated rings. The van der Waals surface area contributed by atoms with E-state index in [1.54, 1.807) is 4.57 Å². The number of nitrogens with one attached hydrogen (secondary N) is 1. The minimum atomic E-state index is -0.220. The number of aromatic nitrogens is 2. The van der Waals surface area contributed by atoms with E-state index >= 15 is 0 Å². The molecule has 0 aliphatic rings. The Labute approximate surface area is 156 Å². The van der Waals surface area contributed by atoms with Crippen LogP contribution in [0.5, 0.6) is 0 Å². The van der Waals surface area contributed by atoms with Crippen LogP contribution < -0.4 is 5.32 Å². The van der Waals surface area contributed by atoms with Crippen molar-refractivity contribution in [2.45, 2.75) is 13.2 Å². The number of nitrogens with zero attached hydrogens (tertiary/aromatic N) is 2. The Kier molecular flexibility index (Phi) is 4.68. The van der Waals surface area contributed by atoms with Crippen LogP contribution in [0.15, 0.2) is 78.9 Å². The van der Waals surface area contributed by atoms with Gasteiger partial charge in [-0.2, -0.15) is 0 Å². The number of amides is 1. The minimum absolute atomic E-state index is 0.0829. The molecule has 0 unspecified atom stereocenters.